The van der Waals surface area contributed by atoms with E-state index in [1.807, 2.05) is 36.4 Å². The minimum absolute atomic E-state index is 0.502. The summed E-state index contributed by atoms with van der Waals surface area (Å²) in [6.07, 6.45) is 6.58. The summed E-state index contributed by atoms with van der Waals surface area (Å²) in [5.41, 5.74) is 10.3. The van der Waals surface area contributed by atoms with E-state index in [-0.39, 0.29) is 0 Å². The van der Waals surface area contributed by atoms with Crippen LogP contribution in [0.2, 0.25) is 0 Å². The van der Waals surface area contributed by atoms with Gasteiger partial charge in [0, 0.05) is 23.0 Å². The second-order valence-corrected chi connectivity index (χ2v) is 3.60. The molecule has 4 nitrogen and oxygen atoms in total. The van der Waals surface area contributed by atoms with E-state index in [1.54, 1.807) is 6.20 Å². The second kappa shape index (κ2) is 5.68. The van der Waals surface area contributed by atoms with Gasteiger partial charge in [0.1, 0.15) is 0 Å². The van der Waals surface area contributed by atoms with Crippen molar-refractivity contribution >= 4 is 17.0 Å². The Morgan fingerprint density at radius 2 is 2.29 bits per heavy atom. The SMILES string of the molecule is [N-]=[N+]=NCCC=Cc1ccc2ncccc2c1. The summed E-state index contributed by atoms with van der Waals surface area (Å²) in [4.78, 5) is 6.97. The standard InChI is InChI=1S/C13H12N4/c14-17-16-9-2-1-4-11-6-7-13-12(10-11)5-3-8-15-13/h1,3-8,10H,2,9H2. The molecule has 0 saturated carbocycles. The van der Waals surface area contributed by atoms with Gasteiger partial charge in [-0.25, -0.2) is 0 Å². The number of hydrogen-bond acceptors (Lipinski definition) is 2. The highest BCUT2D eigenvalue weighted by Gasteiger charge is 1.93. The Balaban J connectivity index is 2.11. The molecule has 1 heterocycles. The molecular formula is C13H12N4. The first-order chi connectivity index (χ1) is 8.40. The Bertz CT molecular complexity index is 583. The lowest BCUT2D eigenvalue weighted by Gasteiger charge is -1.98. The van der Waals surface area contributed by atoms with Crippen molar-refractivity contribution in [2.45, 2.75) is 6.42 Å². The molecule has 2 rings (SSSR count). The smallest absolute Gasteiger partial charge is 0.0702 e. The molecule has 0 unspecified atom stereocenters. The first kappa shape index (κ1) is 11.2. The molecule has 1 aromatic carbocycles. The maximum absolute atomic E-state index is 8.13. The van der Waals surface area contributed by atoms with Crippen LogP contribution in [0, 0.1) is 0 Å². The molecule has 1 aromatic heterocycles. The van der Waals surface area contributed by atoms with Gasteiger partial charge in [0.25, 0.3) is 0 Å². The average Bonchev–Trinajstić information content (AvgIpc) is 2.38. The number of nitrogens with zero attached hydrogens (tertiary/aromatic N) is 4. The fraction of sp³-hybridized carbons (Fsp3) is 0.154. The number of hydrogen-bond donors (Lipinski definition) is 0. The molecule has 0 amide bonds. The quantitative estimate of drug-likeness (QED) is 0.335. The summed E-state index contributed by atoms with van der Waals surface area (Å²) >= 11 is 0. The van der Waals surface area contributed by atoms with Crippen LogP contribution in [0.1, 0.15) is 12.0 Å². The molecule has 0 aliphatic carbocycles. The summed E-state index contributed by atoms with van der Waals surface area (Å²) in [5, 5.41) is 4.60. The summed E-state index contributed by atoms with van der Waals surface area (Å²) < 4.78 is 0. The van der Waals surface area contributed by atoms with Crippen LogP contribution in [0.3, 0.4) is 0 Å². The van der Waals surface area contributed by atoms with E-state index >= 15 is 0 Å². The molecular weight excluding hydrogens is 212 g/mol. The van der Waals surface area contributed by atoms with Crippen molar-refractivity contribution in [3.05, 3.63) is 58.6 Å². The molecule has 2 aromatic rings. The number of fused-ring (bicyclic) bond motifs is 1. The lowest BCUT2D eigenvalue weighted by molar-refractivity contribution is 0.996. The third-order valence-corrected chi connectivity index (χ3v) is 2.40. The van der Waals surface area contributed by atoms with Crippen LogP contribution in [0.4, 0.5) is 0 Å². The van der Waals surface area contributed by atoms with Crippen molar-refractivity contribution in [1.29, 1.82) is 0 Å². The maximum atomic E-state index is 8.13. The monoisotopic (exact) mass is 224 g/mol. The predicted molar refractivity (Wildman–Crippen MR) is 69.4 cm³/mol. The lowest BCUT2D eigenvalue weighted by atomic mass is 10.1. The Morgan fingerprint density at radius 3 is 3.18 bits per heavy atom. The first-order valence-corrected chi connectivity index (χ1v) is 5.42. The molecule has 0 aliphatic rings. The van der Waals surface area contributed by atoms with Crippen molar-refractivity contribution in [2.24, 2.45) is 5.11 Å². The third-order valence-electron chi connectivity index (χ3n) is 2.40. The molecule has 0 bridgehead atoms. The number of pyridine rings is 1. The summed E-state index contributed by atoms with van der Waals surface area (Å²) in [6, 6.07) is 10.1. The van der Waals surface area contributed by atoms with Crippen molar-refractivity contribution < 1.29 is 0 Å². The average molecular weight is 224 g/mol. The first-order valence-electron chi connectivity index (χ1n) is 5.42. The zero-order valence-corrected chi connectivity index (χ0v) is 9.32. The molecule has 0 atom stereocenters. The topological polar surface area (TPSA) is 61.7 Å². The van der Waals surface area contributed by atoms with Crippen LogP contribution in [-0.4, -0.2) is 11.5 Å². The van der Waals surface area contributed by atoms with Gasteiger partial charge in [0.05, 0.1) is 5.52 Å². The van der Waals surface area contributed by atoms with E-state index in [4.69, 9.17) is 5.53 Å². The fourth-order valence-corrected chi connectivity index (χ4v) is 1.59. The van der Waals surface area contributed by atoms with Gasteiger partial charge in [-0.1, -0.05) is 29.4 Å². The van der Waals surface area contributed by atoms with Crippen LogP contribution in [0.15, 0.2) is 47.7 Å². The van der Waals surface area contributed by atoms with Gasteiger partial charge in [-0.15, -0.1) is 0 Å². The summed E-state index contributed by atoms with van der Waals surface area (Å²) in [6.45, 7) is 0.502. The van der Waals surface area contributed by atoms with Gasteiger partial charge in [0.2, 0.25) is 0 Å². The highest BCUT2D eigenvalue weighted by molar-refractivity contribution is 5.80. The highest BCUT2D eigenvalue weighted by atomic mass is 15.1. The lowest BCUT2D eigenvalue weighted by Crippen LogP contribution is -1.79. The molecule has 0 radical (unpaired) electrons. The highest BCUT2D eigenvalue weighted by Crippen LogP contribution is 2.14. The van der Waals surface area contributed by atoms with Crippen molar-refractivity contribution in [3.63, 3.8) is 0 Å². The van der Waals surface area contributed by atoms with Crippen LogP contribution in [-0.2, 0) is 0 Å². The Morgan fingerprint density at radius 1 is 1.35 bits per heavy atom. The number of rotatable bonds is 4. The zero-order chi connectivity index (χ0) is 11.9. The molecule has 0 spiro atoms. The maximum Gasteiger partial charge on any atom is 0.0702 e. The number of aromatic nitrogens is 1. The Labute approximate surface area is 99.2 Å². The predicted octanol–water partition coefficient (Wildman–Crippen LogP) is 3.95. The van der Waals surface area contributed by atoms with E-state index < -0.39 is 0 Å². The molecule has 0 saturated heterocycles. The molecule has 17 heavy (non-hydrogen) atoms. The number of azide groups is 1. The van der Waals surface area contributed by atoms with Crippen LogP contribution >= 0.6 is 0 Å². The van der Waals surface area contributed by atoms with Gasteiger partial charge < -0.3 is 0 Å². The van der Waals surface area contributed by atoms with E-state index in [9.17, 15) is 0 Å². The summed E-state index contributed by atoms with van der Waals surface area (Å²) in [5.74, 6) is 0. The number of benzene rings is 1. The van der Waals surface area contributed by atoms with E-state index in [2.05, 4.69) is 21.1 Å². The van der Waals surface area contributed by atoms with Crippen molar-refractivity contribution in [2.75, 3.05) is 6.54 Å². The van der Waals surface area contributed by atoms with Gasteiger partial charge in [-0.3, -0.25) is 4.98 Å². The van der Waals surface area contributed by atoms with E-state index in [0.717, 1.165) is 22.9 Å². The second-order valence-electron chi connectivity index (χ2n) is 3.60. The minimum Gasteiger partial charge on any atom is -0.256 e. The van der Waals surface area contributed by atoms with Gasteiger partial charge >= 0.3 is 0 Å². The van der Waals surface area contributed by atoms with Crippen LogP contribution in [0.25, 0.3) is 27.4 Å². The van der Waals surface area contributed by atoms with Gasteiger partial charge in [-0.2, -0.15) is 0 Å². The van der Waals surface area contributed by atoms with Crippen molar-refractivity contribution in [1.82, 2.24) is 4.98 Å². The molecule has 0 aliphatic heterocycles. The van der Waals surface area contributed by atoms with Gasteiger partial charge in [0.15, 0.2) is 0 Å². The summed E-state index contributed by atoms with van der Waals surface area (Å²) in [7, 11) is 0. The molecule has 0 fully saturated rings. The largest absolute Gasteiger partial charge is 0.256 e. The molecule has 0 N–H and O–H groups in total. The third kappa shape index (κ3) is 3.06. The minimum atomic E-state index is 0.502. The fourth-order valence-electron chi connectivity index (χ4n) is 1.59. The Hall–Kier alpha value is -2.32. The van der Waals surface area contributed by atoms with Gasteiger partial charge in [-0.05, 0) is 35.7 Å². The zero-order valence-electron chi connectivity index (χ0n) is 9.32. The van der Waals surface area contributed by atoms with Crippen LogP contribution in [0.5, 0.6) is 0 Å². The van der Waals surface area contributed by atoms with Crippen molar-refractivity contribution in [3.8, 4) is 0 Å². The molecule has 4 heteroatoms. The van der Waals surface area contributed by atoms with Crippen LogP contribution < -0.4 is 0 Å². The van der Waals surface area contributed by atoms with E-state index in [0.29, 0.717) is 6.54 Å². The Kier molecular flexibility index (Phi) is 3.73. The normalized spacial score (nSPS) is 10.6. The molecule has 84 valence electrons. The van der Waals surface area contributed by atoms with E-state index in [1.165, 1.54) is 0 Å².